The molecule has 1 aliphatic heterocycles. The van der Waals surface area contributed by atoms with E-state index in [-0.39, 0.29) is 0 Å². The third-order valence-electron chi connectivity index (χ3n) is 3.34. The smallest absolute Gasteiger partial charge is 0.0495 e. The van der Waals surface area contributed by atoms with Crippen LogP contribution in [0.25, 0.3) is 0 Å². The molecule has 1 rings (SSSR count). The predicted octanol–water partition coefficient (Wildman–Crippen LogP) is 2.60. The number of ether oxygens (including phenoxy) is 2. The monoisotopic (exact) mass is 243 g/mol. The van der Waals surface area contributed by atoms with Gasteiger partial charge in [-0.1, -0.05) is 19.8 Å². The average Bonchev–Trinajstić information content (AvgIpc) is 2.38. The van der Waals surface area contributed by atoms with Crippen LogP contribution in [-0.4, -0.2) is 39.5 Å². The summed E-state index contributed by atoms with van der Waals surface area (Å²) in [6.45, 7) is 8.16. The van der Waals surface area contributed by atoms with Gasteiger partial charge in [0.05, 0.1) is 0 Å². The number of hydrogen-bond acceptors (Lipinski definition) is 3. The third-order valence-corrected chi connectivity index (χ3v) is 3.34. The number of nitrogens with one attached hydrogen (secondary N) is 1. The zero-order valence-electron chi connectivity index (χ0n) is 11.4. The van der Waals surface area contributed by atoms with E-state index in [1.807, 2.05) is 0 Å². The van der Waals surface area contributed by atoms with E-state index in [2.05, 4.69) is 12.2 Å². The summed E-state index contributed by atoms with van der Waals surface area (Å²) in [5.41, 5.74) is 0. The SMILES string of the molecule is CCNCCCCCCOCC1CCOCC1. The highest BCUT2D eigenvalue weighted by molar-refractivity contribution is 4.62. The maximum absolute atomic E-state index is 5.73. The van der Waals surface area contributed by atoms with E-state index in [0.717, 1.165) is 38.9 Å². The number of rotatable bonds is 10. The van der Waals surface area contributed by atoms with E-state index < -0.39 is 0 Å². The van der Waals surface area contributed by atoms with E-state index in [9.17, 15) is 0 Å². The molecule has 1 N–H and O–H groups in total. The van der Waals surface area contributed by atoms with Crippen molar-refractivity contribution in [3.63, 3.8) is 0 Å². The highest BCUT2D eigenvalue weighted by Crippen LogP contribution is 2.14. The Balaban J connectivity index is 1.75. The second kappa shape index (κ2) is 11.0. The van der Waals surface area contributed by atoms with Gasteiger partial charge in [-0.15, -0.1) is 0 Å². The largest absolute Gasteiger partial charge is 0.381 e. The maximum Gasteiger partial charge on any atom is 0.0495 e. The molecule has 0 unspecified atom stereocenters. The molecule has 0 aromatic carbocycles. The first-order valence-corrected chi connectivity index (χ1v) is 7.29. The molecule has 1 aliphatic rings. The second-order valence-electron chi connectivity index (χ2n) is 4.90. The van der Waals surface area contributed by atoms with E-state index in [1.54, 1.807) is 0 Å². The minimum absolute atomic E-state index is 0.748. The standard InChI is InChI=1S/C14H29NO2/c1-2-15-9-5-3-4-6-10-17-13-14-7-11-16-12-8-14/h14-15H,2-13H2,1H3. The van der Waals surface area contributed by atoms with Crippen molar-refractivity contribution in [3.8, 4) is 0 Å². The van der Waals surface area contributed by atoms with Crippen LogP contribution in [0.1, 0.15) is 45.4 Å². The van der Waals surface area contributed by atoms with Gasteiger partial charge >= 0.3 is 0 Å². The molecule has 1 heterocycles. The van der Waals surface area contributed by atoms with Crippen molar-refractivity contribution in [2.75, 3.05) is 39.5 Å². The summed E-state index contributed by atoms with van der Waals surface area (Å²) >= 11 is 0. The molecule has 0 spiro atoms. The summed E-state index contributed by atoms with van der Waals surface area (Å²) < 4.78 is 11.1. The lowest BCUT2D eigenvalue weighted by Gasteiger charge is -2.21. The highest BCUT2D eigenvalue weighted by atomic mass is 16.5. The highest BCUT2D eigenvalue weighted by Gasteiger charge is 2.13. The van der Waals surface area contributed by atoms with Crippen molar-refractivity contribution in [1.82, 2.24) is 5.32 Å². The van der Waals surface area contributed by atoms with Crippen LogP contribution >= 0.6 is 0 Å². The predicted molar refractivity (Wildman–Crippen MR) is 71.4 cm³/mol. The van der Waals surface area contributed by atoms with Crippen LogP contribution in [0.5, 0.6) is 0 Å². The fourth-order valence-electron chi connectivity index (χ4n) is 2.15. The zero-order chi connectivity index (χ0) is 12.2. The van der Waals surface area contributed by atoms with Crippen molar-refractivity contribution in [3.05, 3.63) is 0 Å². The molecule has 0 saturated carbocycles. The molecule has 17 heavy (non-hydrogen) atoms. The molecule has 102 valence electrons. The zero-order valence-corrected chi connectivity index (χ0v) is 11.4. The Labute approximate surface area is 106 Å². The summed E-state index contributed by atoms with van der Waals surface area (Å²) in [4.78, 5) is 0. The molecular formula is C14H29NO2. The van der Waals surface area contributed by atoms with Crippen molar-refractivity contribution >= 4 is 0 Å². The molecule has 0 atom stereocenters. The third kappa shape index (κ3) is 8.58. The van der Waals surface area contributed by atoms with Crippen LogP contribution in [0.2, 0.25) is 0 Å². The van der Waals surface area contributed by atoms with Gasteiger partial charge in [-0.05, 0) is 44.7 Å². The Hall–Kier alpha value is -0.120. The summed E-state index contributed by atoms with van der Waals surface area (Å²) in [7, 11) is 0. The van der Waals surface area contributed by atoms with Crippen LogP contribution in [0.15, 0.2) is 0 Å². The van der Waals surface area contributed by atoms with Gasteiger partial charge < -0.3 is 14.8 Å². The molecule has 0 amide bonds. The first-order valence-electron chi connectivity index (χ1n) is 7.29. The fraction of sp³-hybridized carbons (Fsp3) is 1.00. The summed E-state index contributed by atoms with van der Waals surface area (Å²) in [6.07, 6.45) is 7.52. The van der Waals surface area contributed by atoms with Crippen molar-refractivity contribution < 1.29 is 9.47 Å². The van der Waals surface area contributed by atoms with Gasteiger partial charge in [-0.2, -0.15) is 0 Å². The lowest BCUT2D eigenvalue weighted by atomic mass is 10.0. The molecular weight excluding hydrogens is 214 g/mol. The second-order valence-corrected chi connectivity index (χ2v) is 4.90. The summed E-state index contributed by atoms with van der Waals surface area (Å²) in [6, 6.07) is 0. The number of unbranched alkanes of at least 4 members (excludes halogenated alkanes) is 3. The maximum atomic E-state index is 5.73. The molecule has 0 aromatic rings. The first-order chi connectivity index (χ1) is 8.43. The Morgan fingerprint density at radius 1 is 1.12 bits per heavy atom. The van der Waals surface area contributed by atoms with Crippen molar-refractivity contribution in [1.29, 1.82) is 0 Å². The van der Waals surface area contributed by atoms with Gasteiger partial charge in [0.1, 0.15) is 0 Å². The Kier molecular flexibility index (Phi) is 9.66. The van der Waals surface area contributed by atoms with Crippen LogP contribution in [0.3, 0.4) is 0 Å². The van der Waals surface area contributed by atoms with Gasteiger partial charge in [0.25, 0.3) is 0 Å². The molecule has 0 radical (unpaired) electrons. The molecule has 0 bridgehead atoms. The van der Waals surface area contributed by atoms with E-state index in [1.165, 1.54) is 45.1 Å². The molecule has 3 heteroatoms. The van der Waals surface area contributed by atoms with Crippen LogP contribution in [0.4, 0.5) is 0 Å². The Morgan fingerprint density at radius 3 is 2.65 bits per heavy atom. The number of hydrogen-bond donors (Lipinski definition) is 1. The topological polar surface area (TPSA) is 30.5 Å². The van der Waals surface area contributed by atoms with Crippen LogP contribution < -0.4 is 5.32 Å². The van der Waals surface area contributed by atoms with Crippen LogP contribution in [0, 0.1) is 5.92 Å². The molecule has 1 fully saturated rings. The molecule has 0 aromatic heterocycles. The lowest BCUT2D eigenvalue weighted by molar-refractivity contribution is 0.0198. The van der Waals surface area contributed by atoms with Gasteiger partial charge in [-0.25, -0.2) is 0 Å². The Bertz CT molecular complexity index is 158. The molecule has 0 aliphatic carbocycles. The molecule has 3 nitrogen and oxygen atoms in total. The summed E-state index contributed by atoms with van der Waals surface area (Å²) in [5.74, 6) is 0.748. The van der Waals surface area contributed by atoms with Gasteiger partial charge in [0, 0.05) is 26.4 Å². The average molecular weight is 243 g/mol. The van der Waals surface area contributed by atoms with Gasteiger partial charge in [0.2, 0.25) is 0 Å². The summed E-state index contributed by atoms with van der Waals surface area (Å²) in [5, 5.41) is 3.35. The van der Waals surface area contributed by atoms with Crippen molar-refractivity contribution in [2.45, 2.75) is 45.4 Å². The minimum Gasteiger partial charge on any atom is -0.381 e. The quantitative estimate of drug-likeness (QED) is 0.598. The van der Waals surface area contributed by atoms with E-state index >= 15 is 0 Å². The van der Waals surface area contributed by atoms with Gasteiger partial charge in [0.15, 0.2) is 0 Å². The normalized spacial score (nSPS) is 17.5. The van der Waals surface area contributed by atoms with E-state index in [0.29, 0.717) is 0 Å². The van der Waals surface area contributed by atoms with E-state index in [4.69, 9.17) is 9.47 Å². The fourth-order valence-corrected chi connectivity index (χ4v) is 2.15. The first kappa shape index (κ1) is 14.9. The van der Waals surface area contributed by atoms with Crippen LogP contribution in [-0.2, 0) is 9.47 Å². The lowest BCUT2D eigenvalue weighted by Crippen LogP contribution is -2.20. The Morgan fingerprint density at radius 2 is 1.88 bits per heavy atom. The van der Waals surface area contributed by atoms with Gasteiger partial charge in [-0.3, -0.25) is 0 Å². The molecule has 1 saturated heterocycles. The van der Waals surface area contributed by atoms with Crippen molar-refractivity contribution in [2.24, 2.45) is 5.92 Å². The minimum atomic E-state index is 0.748.